The summed E-state index contributed by atoms with van der Waals surface area (Å²) < 4.78 is 0. The Labute approximate surface area is 168 Å². The number of thiophene rings is 1. The second-order valence-electron chi connectivity index (χ2n) is 6.71. The quantitative estimate of drug-likeness (QED) is 0.442. The summed E-state index contributed by atoms with van der Waals surface area (Å²) in [6.07, 6.45) is 4.46. The SMILES string of the molecule is Cc1nc(SCC(=O)Nc2c(C)[nH]c(=O)[nH]c2=O)c2c3c(sc2n1)CCCC3. The topological polar surface area (TPSA) is 121 Å². The molecule has 8 nitrogen and oxygen atoms in total. The van der Waals surface area contributed by atoms with Crippen LogP contribution in [0.2, 0.25) is 0 Å². The van der Waals surface area contributed by atoms with Gasteiger partial charge in [-0.1, -0.05) is 11.8 Å². The van der Waals surface area contributed by atoms with Gasteiger partial charge in [-0.25, -0.2) is 14.8 Å². The summed E-state index contributed by atoms with van der Waals surface area (Å²) in [5, 5.41) is 4.46. The summed E-state index contributed by atoms with van der Waals surface area (Å²) in [7, 11) is 0. The van der Waals surface area contributed by atoms with Gasteiger partial charge in [0.25, 0.3) is 5.56 Å². The zero-order valence-electron chi connectivity index (χ0n) is 15.5. The first-order valence-electron chi connectivity index (χ1n) is 8.97. The average Bonchev–Trinajstić information content (AvgIpc) is 3.00. The molecule has 0 aromatic carbocycles. The monoisotopic (exact) mass is 417 g/mol. The van der Waals surface area contributed by atoms with E-state index < -0.39 is 11.2 Å². The zero-order chi connectivity index (χ0) is 19.8. The van der Waals surface area contributed by atoms with E-state index in [1.54, 1.807) is 18.3 Å². The molecular formula is C18H19N5O3S2. The molecule has 146 valence electrons. The van der Waals surface area contributed by atoms with Crippen LogP contribution in [0, 0.1) is 13.8 Å². The van der Waals surface area contributed by atoms with Crippen LogP contribution >= 0.6 is 23.1 Å². The molecule has 0 aliphatic heterocycles. The van der Waals surface area contributed by atoms with Gasteiger partial charge >= 0.3 is 5.69 Å². The van der Waals surface area contributed by atoms with E-state index in [4.69, 9.17) is 0 Å². The van der Waals surface area contributed by atoms with Crippen LogP contribution in [0.3, 0.4) is 0 Å². The highest BCUT2D eigenvalue weighted by molar-refractivity contribution is 8.00. The van der Waals surface area contributed by atoms with E-state index in [-0.39, 0.29) is 17.3 Å². The van der Waals surface area contributed by atoms with E-state index in [1.807, 2.05) is 6.92 Å². The highest BCUT2D eigenvalue weighted by atomic mass is 32.2. The number of fused-ring (bicyclic) bond motifs is 3. The van der Waals surface area contributed by atoms with Crippen LogP contribution < -0.4 is 16.6 Å². The summed E-state index contributed by atoms with van der Waals surface area (Å²) in [5.74, 6) is 0.454. The van der Waals surface area contributed by atoms with Crippen LogP contribution in [0.15, 0.2) is 14.6 Å². The Kier molecular flexibility index (Phi) is 5.07. The minimum Gasteiger partial charge on any atom is -0.319 e. The Bertz CT molecular complexity index is 1190. The summed E-state index contributed by atoms with van der Waals surface area (Å²) in [6.45, 7) is 3.42. The number of aromatic nitrogens is 4. The number of anilines is 1. The molecule has 3 heterocycles. The van der Waals surface area contributed by atoms with E-state index in [0.717, 1.165) is 34.5 Å². The first-order chi connectivity index (χ1) is 13.4. The Morgan fingerprint density at radius 1 is 1.18 bits per heavy atom. The molecule has 3 N–H and O–H groups in total. The number of carbonyl (C=O) groups is 1. The minimum atomic E-state index is -0.619. The predicted octanol–water partition coefficient (Wildman–Crippen LogP) is 2.29. The lowest BCUT2D eigenvalue weighted by atomic mass is 9.97. The van der Waals surface area contributed by atoms with Gasteiger partial charge < -0.3 is 10.3 Å². The number of H-pyrrole nitrogens is 2. The van der Waals surface area contributed by atoms with Crippen LogP contribution in [-0.2, 0) is 17.6 Å². The van der Waals surface area contributed by atoms with Crippen LogP contribution in [-0.4, -0.2) is 31.6 Å². The van der Waals surface area contributed by atoms with Crippen molar-refractivity contribution in [1.29, 1.82) is 0 Å². The van der Waals surface area contributed by atoms with Crippen molar-refractivity contribution in [3.8, 4) is 0 Å². The van der Waals surface area contributed by atoms with Gasteiger partial charge in [0.1, 0.15) is 21.4 Å². The number of nitrogens with one attached hydrogen (secondary N) is 3. The van der Waals surface area contributed by atoms with Gasteiger partial charge in [0.05, 0.1) is 5.75 Å². The molecule has 0 radical (unpaired) electrons. The number of rotatable bonds is 4. The van der Waals surface area contributed by atoms with Crippen LogP contribution in [0.25, 0.3) is 10.2 Å². The lowest BCUT2D eigenvalue weighted by Gasteiger charge is -2.12. The Morgan fingerprint density at radius 2 is 1.96 bits per heavy atom. The standard InChI is InChI=1S/C18H19N5O3S2/c1-8-14(15(25)23-18(26)19-8)22-12(24)7-27-16-13-10-5-3-4-6-11(10)28-17(13)21-9(2)20-16/h3-7H2,1-2H3,(H,22,24)(H2,19,23,25,26). The molecule has 10 heteroatoms. The molecule has 0 bridgehead atoms. The van der Waals surface area contributed by atoms with Gasteiger partial charge in [0, 0.05) is 16.0 Å². The minimum absolute atomic E-state index is 0.0575. The summed E-state index contributed by atoms with van der Waals surface area (Å²) in [6, 6.07) is 0. The van der Waals surface area contributed by atoms with Gasteiger partial charge in [0.15, 0.2) is 0 Å². The molecule has 28 heavy (non-hydrogen) atoms. The number of nitrogens with zero attached hydrogens (tertiary/aromatic N) is 2. The number of carbonyl (C=O) groups excluding carboxylic acids is 1. The fourth-order valence-corrected chi connectivity index (χ4v) is 5.66. The molecule has 1 aliphatic carbocycles. The molecule has 0 unspecified atom stereocenters. The number of hydrogen-bond donors (Lipinski definition) is 3. The molecule has 0 saturated carbocycles. The number of hydrogen-bond acceptors (Lipinski definition) is 7. The number of aryl methyl sites for hydroxylation is 4. The number of thioether (sulfide) groups is 1. The lowest BCUT2D eigenvalue weighted by Crippen LogP contribution is -2.29. The van der Waals surface area contributed by atoms with Crippen molar-refractivity contribution in [2.45, 2.75) is 44.6 Å². The molecule has 0 atom stereocenters. The van der Waals surface area contributed by atoms with Crippen molar-refractivity contribution < 1.29 is 4.79 Å². The van der Waals surface area contributed by atoms with Gasteiger partial charge in [-0.05, 0) is 45.1 Å². The molecule has 1 aliphatic rings. The largest absolute Gasteiger partial charge is 0.326 e. The van der Waals surface area contributed by atoms with Gasteiger partial charge in [-0.3, -0.25) is 14.6 Å². The fourth-order valence-electron chi connectivity index (χ4n) is 3.39. The van der Waals surface area contributed by atoms with E-state index in [2.05, 4.69) is 25.3 Å². The molecule has 0 fully saturated rings. The lowest BCUT2D eigenvalue weighted by molar-refractivity contribution is -0.113. The van der Waals surface area contributed by atoms with Gasteiger partial charge in [-0.15, -0.1) is 11.3 Å². The Hall–Kier alpha value is -2.46. The fraction of sp³-hybridized carbons (Fsp3) is 0.389. The van der Waals surface area contributed by atoms with Crippen LogP contribution in [0.1, 0.15) is 34.8 Å². The molecular weight excluding hydrogens is 398 g/mol. The number of aromatic amines is 2. The van der Waals surface area contributed by atoms with E-state index in [0.29, 0.717) is 11.5 Å². The van der Waals surface area contributed by atoms with Crippen molar-refractivity contribution in [3.05, 3.63) is 42.8 Å². The maximum atomic E-state index is 12.4. The van der Waals surface area contributed by atoms with Crippen molar-refractivity contribution in [1.82, 2.24) is 19.9 Å². The summed E-state index contributed by atoms with van der Waals surface area (Å²) in [5.41, 5.74) is 0.478. The molecule has 3 aromatic heterocycles. The summed E-state index contributed by atoms with van der Waals surface area (Å²) in [4.78, 5) is 51.7. The average molecular weight is 418 g/mol. The molecule has 3 aromatic rings. The van der Waals surface area contributed by atoms with Gasteiger partial charge in [0.2, 0.25) is 5.91 Å². The third kappa shape index (κ3) is 3.61. The first-order valence-corrected chi connectivity index (χ1v) is 10.8. The maximum absolute atomic E-state index is 12.4. The van der Waals surface area contributed by atoms with Crippen LogP contribution in [0.4, 0.5) is 5.69 Å². The van der Waals surface area contributed by atoms with Crippen molar-refractivity contribution in [3.63, 3.8) is 0 Å². The zero-order valence-corrected chi connectivity index (χ0v) is 17.1. The second kappa shape index (κ2) is 7.51. The highest BCUT2D eigenvalue weighted by Crippen LogP contribution is 2.39. The molecule has 0 spiro atoms. The third-order valence-corrected chi connectivity index (χ3v) is 6.79. The first kappa shape index (κ1) is 18.9. The third-order valence-electron chi connectivity index (χ3n) is 4.63. The Morgan fingerprint density at radius 3 is 2.75 bits per heavy atom. The van der Waals surface area contributed by atoms with Crippen molar-refractivity contribution in [2.75, 3.05) is 11.1 Å². The maximum Gasteiger partial charge on any atom is 0.326 e. The smallest absolute Gasteiger partial charge is 0.319 e. The second-order valence-corrected chi connectivity index (χ2v) is 8.76. The van der Waals surface area contributed by atoms with Gasteiger partial charge in [-0.2, -0.15) is 0 Å². The van der Waals surface area contributed by atoms with E-state index >= 15 is 0 Å². The summed E-state index contributed by atoms with van der Waals surface area (Å²) >= 11 is 3.07. The van der Waals surface area contributed by atoms with Crippen molar-refractivity contribution >= 4 is 44.9 Å². The highest BCUT2D eigenvalue weighted by Gasteiger charge is 2.21. The van der Waals surface area contributed by atoms with Crippen LogP contribution in [0.5, 0.6) is 0 Å². The number of amides is 1. The molecule has 4 rings (SSSR count). The molecule has 0 saturated heterocycles. The normalized spacial score (nSPS) is 13.5. The Balaban J connectivity index is 1.57. The van der Waals surface area contributed by atoms with Crippen molar-refractivity contribution in [2.24, 2.45) is 0 Å². The van der Waals surface area contributed by atoms with E-state index in [9.17, 15) is 14.4 Å². The molecule has 1 amide bonds. The van der Waals surface area contributed by atoms with E-state index in [1.165, 1.54) is 28.6 Å². The predicted molar refractivity (Wildman–Crippen MR) is 111 cm³/mol.